The molecule has 1 aromatic rings. The molecular weight excluding hydrogens is 210 g/mol. The molecule has 2 nitrogen and oxygen atoms in total. The minimum atomic E-state index is -0.0984. The summed E-state index contributed by atoms with van der Waals surface area (Å²) in [6, 6.07) is 7.50. The van der Waals surface area contributed by atoms with Gasteiger partial charge in [0.1, 0.15) is 0 Å². The summed E-state index contributed by atoms with van der Waals surface area (Å²) in [6.07, 6.45) is 2.39. The fourth-order valence-electron chi connectivity index (χ4n) is 1.54. The Hall–Kier alpha value is -0.860. The third-order valence-electron chi connectivity index (χ3n) is 2.59. The van der Waals surface area contributed by atoms with E-state index in [4.69, 9.17) is 11.6 Å². The molecule has 1 aliphatic rings. The van der Waals surface area contributed by atoms with Crippen molar-refractivity contribution < 1.29 is 4.79 Å². The summed E-state index contributed by atoms with van der Waals surface area (Å²) >= 11 is 5.76. The highest BCUT2D eigenvalue weighted by Gasteiger charge is 2.25. The molecule has 15 heavy (non-hydrogen) atoms. The highest BCUT2D eigenvalue weighted by molar-refractivity contribution is 6.30. The molecule has 1 aliphatic carbocycles. The van der Waals surface area contributed by atoms with Gasteiger partial charge in [-0.2, -0.15) is 0 Å². The molecule has 0 aromatic heterocycles. The van der Waals surface area contributed by atoms with E-state index in [9.17, 15) is 4.79 Å². The first-order valence-corrected chi connectivity index (χ1v) is 5.60. The number of halogens is 1. The normalized spacial score (nSPS) is 17.5. The molecule has 0 radical (unpaired) electrons. The maximum absolute atomic E-state index is 11.9. The molecular formula is C12H14ClNO. The Morgan fingerprint density at radius 3 is 2.53 bits per heavy atom. The number of nitrogens with one attached hydrogen (secondary N) is 1. The second-order valence-corrected chi connectivity index (χ2v) is 4.47. The molecule has 1 fully saturated rings. The Labute approximate surface area is 94.6 Å². The van der Waals surface area contributed by atoms with Crippen molar-refractivity contribution in [1.29, 1.82) is 0 Å². The molecule has 0 unspecified atom stereocenters. The van der Waals surface area contributed by atoms with Crippen LogP contribution in [0.2, 0.25) is 5.02 Å². The Morgan fingerprint density at radius 2 is 2.00 bits per heavy atom. The van der Waals surface area contributed by atoms with Gasteiger partial charge in [-0.1, -0.05) is 11.6 Å². The van der Waals surface area contributed by atoms with Gasteiger partial charge in [0.05, 0.1) is 6.04 Å². The molecule has 0 spiro atoms. The van der Waals surface area contributed by atoms with E-state index in [1.54, 1.807) is 24.3 Å². The van der Waals surface area contributed by atoms with Crippen LogP contribution in [-0.4, -0.2) is 17.9 Å². The van der Waals surface area contributed by atoms with E-state index in [0.717, 1.165) is 5.56 Å². The first-order valence-electron chi connectivity index (χ1n) is 5.22. The first kappa shape index (κ1) is 10.7. The van der Waals surface area contributed by atoms with Gasteiger partial charge < -0.3 is 5.32 Å². The van der Waals surface area contributed by atoms with Crippen molar-refractivity contribution in [3.8, 4) is 0 Å². The van der Waals surface area contributed by atoms with Gasteiger partial charge in [-0.05, 0) is 44.0 Å². The maximum atomic E-state index is 11.9. The van der Waals surface area contributed by atoms with Crippen LogP contribution in [0.4, 0.5) is 0 Å². The SMILES string of the molecule is C[C@@H](NC1CC1)C(=O)c1ccc(Cl)cc1. The van der Waals surface area contributed by atoms with E-state index in [1.807, 2.05) is 6.92 Å². The van der Waals surface area contributed by atoms with Crippen LogP contribution in [0.15, 0.2) is 24.3 Å². The van der Waals surface area contributed by atoms with Crippen LogP contribution in [0.25, 0.3) is 0 Å². The van der Waals surface area contributed by atoms with Gasteiger partial charge in [0, 0.05) is 16.6 Å². The van der Waals surface area contributed by atoms with Gasteiger partial charge in [-0.25, -0.2) is 0 Å². The summed E-state index contributed by atoms with van der Waals surface area (Å²) in [5.74, 6) is 0.138. The third-order valence-corrected chi connectivity index (χ3v) is 2.84. The standard InChI is InChI=1S/C12H14ClNO/c1-8(14-11-6-7-11)12(15)9-2-4-10(13)5-3-9/h2-5,8,11,14H,6-7H2,1H3/t8-/m1/s1. The van der Waals surface area contributed by atoms with Gasteiger partial charge in [0.25, 0.3) is 0 Å². The summed E-state index contributed by atoms with van der Waals surface area (Å²) in [7, 11) is 0. The van der Waals surface area contributed by atoms with Crippen molar-refractivity contribution in [1.82, 2.24) is 5.32 Å². The number of ketones is 1. The van der Waals surface area contributed by atoms with E-state index in [2.05, 4.69) is 5.32 Å². The van der Waals surface area contributed by atoms with Crippen molar-refractivity contribution in [3.05, 3.63) is 34.9 Å². The van der Waals surface area contributed by atoms with Crippen LogP contribution >= 0.6 is 11.6 Å². The van der Waals surface area contributed by atoms with Crippen LogP contribution in [0, 0.1) is 0 Å². The Bertz CT molecular complexity index is 356. The van der Waals surface area contributed by atoms with Gasteiger partial charge in [0.2, 0.25) is 0 Å². The molecule has 3 heteroatoms. The van der Waals surface area contributed by atoms with E-state index < -0.39 is 0 Å². The van der Waals surface area contributed by atoms with Crippen LogP contribution in [0.5, 0.6) is 0 Å². The van der Waals surface area contributed by atoms with Crippen LogP contribution < -0.4 is 5.32 Å². The van der Waals surface area contributed by atoms with Gasteiger partial charge in [-0.15, -0.1) is 0 Å². The summed E-state index contributed by atoms with van der Waals surface area (Å²) in [6.45, 7) is 1.91. The van der Waals surface area contributed by atoms with Gasteiger partial charge >= 0.3 is 0 Å². The second-order valence-electron chi connectivity index (χ2n) is 4.03. The van der Waals surface area contributed by atoms with Crippen molar-refractivity contribution in [3.63, 3.8) is 0 Å². The van der Waals surface area contributed by atoms with Crippen molar-refractivity contribution in [2.24, 2.45) is 0 Å². The average Bonchev–Trinajstić information content (AvgIpc) is 3.02. The summed E-state index contributed by atoms with van der Waals surface area (Å²) in [4.78, 5) is 11.9. The minimum absolute atomic E-state index is 0.0984. The largest absolute Gasteiger partial charge is 0.305 e. The predicted molar refractivity (Wildman–Crippen MR) is 61.4 cm³/mol. The highest BCUT2D eigenvalue weighted by atomic mass is 35.5. The number of carbonyl (C=O) groups is 1. The molecule has 1 saturated carbocycles. The lowest BCUT2D eigenvalue weighted by Crippen LogP contribution is -2.35. The molecule has 0 heterocycles. The van der Waals surface area contributed by atoms with E-state index in [0.29, 0.717) is 11.1 Å². The van der Waals surface area contributed by atoms with Crippen LogP contribution in [0.1, 0.15) is 30.1 Å². The van der Waals surface area contributed by atoms with E-state index >= 15 is 0 Å². The van der Waals surface area contributed by atoms with E-state index in [-0.39, 0.29) is 11.8 Å². The zero-order chi connectivity index (χ0) is 10.8. The van der Waals surface area contributed by atoms with Crippen LogP contribution in [0.3, 0.4) is 0 Å². The molecule has 2 rings (SSSR count). The smallest absolute Gasteiger partial charge is 0.179 e. The minimum Gasteiger partial charge on any atom is -0.305 e. The zero-order valence-electron chi connectivity index (χ0n) is 8.66. The Morgan fingerprint density at radius 1 is 1.40 bits per heavy atom. The number of hydrogen-bond acceptors (Lipinski definition) is 2. The van der Waals surface area contributed by atoms with Gasteiger partial charge in [-0.3, -0.25) is 4.79 Å². The molecule has 0 aliphatic heterocycles. The molecule has 0 amide bonds. The summed E-state index contributed by atoms with van der Waals surface area (Å²) in [5, 5.41) is 3.95. The van der Waals surface area contributed by atoms with Crippen molar-refractivity contribution >= 4 is 17.4 Å². The summed E-state index contributed by atoms with van der Waals surface area (Å²) in [5.41, 5.74) is 0.722. The maximum Gasteiger partial charge on any atom is 0.179 e. The number of hydrogen-bond donors (Lipinski definition) is 1. The fourth-order valence-corrected chi connectivity index (χ4v) is 1.67. The Balaban J connectivity index is 2.02. The predicted octanol–water partition coefficient (Wildman–Crippen LogP) is 2.66. The number of benzene rings is 1. The lowest BCUT2D eigenvalue weighted by molar-refractivity contribution is 0.0950. The molecule has 1 aromatic carbocycles. The monoisotopic (exact) mass is 223 g/mol. The molecule has 1 N–H and O–H groups in total. The quantitative estimate of drug-likeness (QED) is 0.796. The number of Topliss-reactive ketones (excluding diaryl/α,β-unsaturated/α-hetero) is 1. The topological polar surface area (TPSA) is 29.1 Å². The average molecular weight is 224 g/mol. The summed E-state index contributed by atoms with van der Waals surface area (Å²) < 4.78 is 0. The van der Waals surface area contributed by atoms with E-state index in [1.165, 1.54) is 12.8 Å². The molecule has 0 saturated heterocycles. The first-order chi connectivity index (χ1) is 7.16. The second kappa shape index (κ2) is 4.33. The lowest BCUT2D eigenvalue weighted by Gasteiger charge is -2.11. The number of carbonyl (C=O) groups excluding carboxylic acids is 1. The highest BCUT2D eigenvalue weighted by Crippen LogP contribution is 2.20. The molecule has 80 valence electrons. The zero-order valence-corrected chi connectivity index (χ0v) is 9.42. The Kier molecular flexibility index (Phi) is 3.08. The molecule has 1 atom stereocenters. The fraction of sp³-hybridized carbons (Fsp3) is 0.417. The third kappa shape index (κ3) is 2.80. The molecule has 0 bridgehead atoms. The lowest BCUT2D eigenvalue weighted by atomic mass is 10.1. The number of rotatable bonds is 4. The van der Waals surface area contributed by atoms with Gasteiger partial charge in [0.15, 0.2) is 5.78 Å². The van der Waals surface area contributed by atoms with Crippen molar-refractivity contribution in [2.45, 2.75) is 31.8 Å². The van der Waals surface area contributed by atoms with Crippen LogP contribution in [-0.2, 0) is 0 Å². The van der Waals surface area contributed by atoms with Crippen molar-refractivity contribution in [2.75, 3.05) is 0 Å².